The lowest BCUT2D eigenvalue weighted by molar-refractivity contribution is 0.577. The van der Waals surface area contributed by atoms with E-state index in [2.05, 4.69) is 31.6 Å². The van der Waals surface area contributed by atoms with Gasteiger partial charge in [0.25, 0.3) is 0 Å². The zero-order chi connectivity index (χ0) is 13.6. The molecule has 0 unspecified atom stereocenters. The number of nitrogens with zero attached hydrogens (tertiary/aromatic N) is 1. The lowest BCUT2D eigenvalue weighted by Gasteiger charge is -2.07. The van der Waals surface area contributed by atoms with Gasteiger partial charge < -0.3 is 0 Å². The molecule has 4 nitrogen and oxygen atoms in total. The summed E-state index contributed by atoms with van der Waals surface area (Å²) in [4.78, 5) is 3.74. The number of pyridine rings is 1. The average Bonchev–Trinajstić information content (AvgIpc) is 2.32. The fourth-order valence-corrected chi connectivity index (χ4v) is 3.24. The summed E-state index contributed by atoms with van der Waals surface area (Å²) >= 11 is 8.92. The molecule has 1 aromatic rings. The maximum absolute atomic E-state index is 11.9. The molecule has 0 aliphatic carbocycles. The van der Waals surface area contributed by atoms with Crippen molar-refractivity contribution >= 4 is 37.6 Å². The number of rotatable bonds is 6. The maximum atomic E-state index is 11.9. The Hall–Kier alpha value is -0.610. The Morgan fingerprint density at radius 1 is 1.50 bits per heavy atom. The summed E-state index contributed by atoms with van der Waals surface area (Å²) in [5, 5.41) is -0.0469. The minimum atomic E-state index is -3.63. The molecule has 0 radical (unpaired) electrons. The molecule has 0 aromatic carbocycles. The first-order valence-corrected chi connectivity index (χ1v) is 7.87. The van der Waals surface area contributed by atoms with Crippen LogP contribution >= 0.6 is 27.5 Å². The Labute approximate surface area is 120 Å². The highest BCUT2D eigenvalue weighted by atomic mass is 79.9. The number of terminal acetylenes is 1. The number of aromatic nitrogens is 1. The van der Waals surface area contributed by atoms with E-state index in [0.29, 0.717) is 23.9 Å². The topological polar surface area (TPSA) is 59.1 Å². The van der Waals surface area contributed by atoms with Crippen LogP contribution in [-0.2, 0) is 10.0 Å². The van der Waals surface area contributed by atoms with E-state index in [1.54, 1.807) is 0 Å². The van der Waals surface area contributed by atoms with E-state index < -0.39 is 10.0 Å². The predicted molar refractivity (Wildman–Crippen MR) is 74.8 cm³/mol. The predicted octanol–water partition coefficient (Wildman–Crippen LogP) is 2.58. The van der Waals surface area contributed by atoms with Gasteiger partial charge in [-0.1, -0.05) is 11.6 Å². The highest BCUT2D eigenvalue weighted by Crippen LogP contribution is 2.22. The number of halogens is 2. The van der Waals surface area contributed by atoms with Crippen molar-refractivity contribution in [2.45, 2.75) is 24.2 Å². The molecule has 1 N–H and O–H groups in total. The fourth-order valence-electron chi connectivity index (χ4n) is 1.23. The van der Waals surface area contributed by atoms with Crippen LogP contribution in [0.3, 0.4) is 0 Å². The van der Waals surface area contributed by atoms with Crippen LogP contribution in [0, 0.1) is 12.3 Å². The first kappa shape index (κ1) is 15.4. The van der Waals surface area contributed by atoms with Crippen LogP contribution in [0.2, 0.25) is 5.15 Å². The molecular formula is C11H12BrClN2O2S. The number of hydrogen-bond donors (Lipinski definition) is 1. The van der Waals surface area contributed by atoms with Gasteiger partial charge in [-0.3, -0.25) is 0 Å². The van der Waals surface area contributed by atoms with E-state index >= 15 is 0 Å². The minimum Gasteiger partial charge on any atom is -0.242 e. The number of nitrogens with one attached hydrogen (secondary N) is 1. The molecule has 0 atom stereocenters. The number of sulfonamides is 1. The van der Waals surface area contributed by atoms with Crippen molar-refractivity contribution < 1.29 is 8.42 Å². The monoisotopic (exact) mass is 350 g/mol. The van der Waals surface area contributed by atoms with E-state index in [9.17, 15) is 8.42 Å². The molecule has 18 heavy (non-hydrogen) atoms. The molecule has 7 heteroatoms. The van der Waals surface area contributed by atoms with Gasteiger partial charge >= 0.3 is 0 Å². The Morgan fingerprint density at radius 3 is 2.89 bits per heavy atom. The van der Waals surface area contributed by atoms with Gasteiger partial charge in [0.05, 0.1) is 0 Å². The van der Waals surface area contributed by atoms with Gasteiger partial charge in [0, 0.05) is 23.6 Å². The molecule has 0 saturated heterocycles. The average molecular weight is 352 g/mol. The second kappa shape index (κ2) is 7.10. The van der Waals surface area contributed by atoms with Gasteiger partial charge in [0.2, 0.25) is 10.0 Å². The lowest BCUT2D eigenvalue weighted by atomic mass is 10.2. The van der Waals surface area contributed by atoms with Crippen molar-refractivity contribution in [3.63, 3.8) is 0 Å². The molecule has 1 rings (SSSR count). The highest BCUT2D eigenvalue weighted by Gasteiger charge is 2.18. The summed E-state index contributed by atoms with van der Waals surface area (Å²) in [5.41, 5.74) is 0. The zero-order valence-electron chi connectivity index (χ0n) is 9.49. The highest BCUT2D eigenvalue weighted by molar-refractivity contribution is 9.10. The van der Waals surface area contributed by atoms with E-state index in [-0.39, 0.29) is 10.0 Å². The van der Waals surface area contributed by atoms with Crippen LogP contribution in [-0.4, -0.2) is 19.9 Å². The zero-order valence-corrected chi connectivity index (χ0v) is 12.6. The molecular weight excluding hydrogens is 340 g/mol. The molecule has 1 aromatic heterocycles. The molecule has 0 aliphatic heterocycles. The van der Waals surface area contributed by atoms with Crippen molar-refractivity contribution in [1.29, 1.82) is 0 Å². The number of hydrogen-bond acceptors (Lipinski definition) is 3. The third-order valence-corrected chi connectivity index (χ3v) is 4.42. The third-order valence-electron chi connectivity index (χ3n) is 2.10. The number of unbranched alkanes of at least 4 members (excludes halogenated alkanes) is 2. The largest absolute Gasteiger partial charge is 0.243 e. The Balaban J connectivity index is 2.69. The van der Waals surface area contributed by atoms with Crippen molar-refractivity contribution in [3.8, 4) is 12.3 Å². The summed E-state index contributed by atoms with van der Waals surface area (Å²) in [6.07, 6.45) is 8.65. The Morgan fingerprint density at radius 2 is 2.22 bits per heavy atom. The SMILES string of the molecule is C#CCCCCNS(=O)(=O)c1cc(Br)cnc1Cl. The molecule has 1 heterocycles. The summed E-state index contributed by atoms with van der Waals surface area (Å²) in [6, 6.07) is 1.42. The van der Waals surface area contributed by atoms with Crippen molar-refractivity contribution in [2.75, 3.05) is 6.54 Å². The van der Waals surface area contributed by atoms with Crippen LogP contribution < -0.4 is 4.72 Å². The van der Waals surface area contributed by atoms with Gasteiger partial charge in [-0.2, -0.15) is 0 Å². The van der Waals surface area contributed by atoms with Gasteiger partial charge in [0.1, 0.15) is 10.0 Å². The molecule has 0 spiro atoms. The smallest absolute Gasteiger partial charge is 0.242 e. The van der Waals surface area contributed by atoms with Gasteiger partial charge in [0.15, 0.2) is 0 Å². The quantitative estimate of drug-likeness (QED) is 0.487. The van der Waals surface area contributed by atoms with Crippen LogP contribution in [0.25, 0.3) is 0 Å². The van der Waals surface area contributed by atoms with Crippen LogP contribution in [0.5, 0.6) is 0 Å². The normalized spacial score (nSPS) is 11.2. The van der Waals surface area contributed by atoms with E-state index in [1.807, 2.05) is 0 Å². The molecule has 0 amide bonds. The molecule has 0 fully saturated rings. The first-order valence-electron chi connectivity index (χ1n) is 5.21. The van der Waals surface area contributed by atoms with Gasteiger partial charge in [-0.15, -0.1) is 12.3 Å². The molecule has 0 aliphatic rings. The Kier molecular flexibility index (Phi) is 6.09. The first-order chi connectivity index (χ1) is 8.47. The minimum absolute atomic E-state index is 0.0320. The van der Waals surface area contributed by atoms with E-state index in [4.69, 9.17) is 18.0 Å². The van der Waals surface area contributed by atoms with Gasteiger partial charge in [-0.25, -0.2) is 18.1 Å². The summed E-state index contributed by atoms with van der Waals surface area (Å²) in [6.45, 7) is 0.326. The Bertz CT molecular complexity index is 555. The van der Waals surface area contributed by atoms with Crippen LogP contribution in [0.4, 0.5) is 0 Å². The second-order valence-electron chi connectivity index (χ2n) is 3.50. The van der Waals surface area contributed by atoms with Crippen LogP contribution in [0.1, 0.15) is 19.3 Å². The summed E-state index contributed by atoms with van der Waals surface area (Å²) < 4.78 is 26.9. The van der Waals surface area contributed by atoms with Crippen molar-refractivity contribution in [3.05, 3.63) is 21.9 Å². The molecule has 0 saturated carbocycles. The van der Waals surface area contributed by atoms with Gasteiger partial charge in [-0.05, 0) is 34.8 Å². The summed E-state index contributed by atoms with van der Waals surface area (Å²) in [7, 11) is -3.63. The van der Waals surface area contributed by atoms with Crippen LogP contribution in [0.15, 0.2) is 21.6 Å². The molecule has 0 bridgehead atoms. The lowest BCUT2D eigenvalue weighted by Crippen LogP contribution is -2.25. The van der Waals surface area contributed by atoms with Crippen molar-refractivity contribution in [2.24, 2.45) is 0 Å². The fraction of sp³-hybridized carbons (Fsp3) is 0.364. The van der Waals surface area contributed by atoms with E-state index in [1.165, 1.54) is 12.3 Å². The third kappa shape index (κ3) is 4.58. The standard InChI is InChI=1S/C11H12BrClN2O2S/c1-2-3-4-5-6-15-18(16,17)10-7-9(12)8-14-11(10)13/h1,7-8,15H,3-6H2. The maximum Gasteiger partial charge on any atom is 0.243 e. The summed E-state index contributed by atoms with van der Waals surface area (Å²) in [5.74, 6) is 2.50. The second-order valence-corrected chi connectivity index (χ2v) is 6.51. The molecule has 98 valence electrons. The van der Waals surface area contributed by atoms with Crippen molar-refractivity contribution in [1.82, 2.24) is 9.71 Å². The van der Waals surface area contributed by atoms with E-state index in [0.717, 1.165) is 6.42 Å².